The van der Waals surface area contributed by atoms with E-state index in [1.165, 1.54) is 18.2 Å². The molecule has 76 valence electrons. The van der Waals surface area contributed by atoms with Crippen LogP contribution in [0.2, 0.25) is 5.02 Å². The summed E-state index contributed by atoms with van der Waals surface area (Å²) in [6.45, 7) is 1.71. The van der Waals surface area contributed by atoms with Gasteiger partial charge in [-0.2, -0.15) is 0 Å². The maximum absolute atomic E-state index is 13.2. The summed E-state index contributed by atoms with van der Waals surface area (Å²) in [5, 5.41) is -0.101. The summed E-state index contributed by atoms with van der Waals surface area (Å²) in [5.41, 5.74) is 5.26. The van der Waals surface area contributed by atoms with Gasteiger partial charge in [0.15, 0.2) is 5.82 Å². The first kappa shape index (κ1) is 11.1. The lowest BCUT2D eigenvalue weighted by Crippen LogP contribution is -2.10. The van der Waals surface area contributed by atoms with Crippen molar-refractivity contribution in [1.82, 2.24) is 0 Å². The summed E-state index contributed by atoms with van der Waals surface area (Å²) < 4.78 is 26.3. The molecule has 0 saturated heterocycles. The number of hydrogen-bond acceptors (Lipinski definition) is 1. The average molecular weight is 218 g/mol. The standard InChI is InChI=1S/C10H10ClF2N/c1-6(14)2-3-7-9(12)5-4-8(11)10(7)13/h2-6H,14H2,1H3/b3-2+. The predicted octanol–water partition coefficient (Wildman–Crippen LogP) is 2.98. The van der Waals surface area contributed by atoms with Crippen LogP contribution in [0.5, 0.6) is 0 Å². The molecular formula is C10H10ClF2N. The Morgan fingerprint density at radius 1 is 1.43 bits per heavy atom. The van der Waals surface area contributed by atoms with Crippen LogP contribution in [0.3, 0.4) is 0 Å². The molecule has 1 nitrogen and oxygen atoms in total. The zero-order chi connectivity index (χ0) is 10.7. The first-order chi connectivity index (χ1) is 6.52. The van der Waals surface area contributed by atoms with Crippen LogP contribution in [0, 0.1) is 11.6 Å². The first-order valence-corrected chi connectivity index (χ1v) is 4.47. The Morgan fingerprint density at radius 3 is 2.64 bits per heavy atom. The van der Waals surface area contributed by atoms with Gasteiger partial charge in [0.05, 0.1) is 5.02 Å². The number of hydrogen-bond donors (Lipinski definition) is 1. The van der Waals surface area contributed by atoms with Crippen LogP contribution >= 0.6 is 11.6 Å². The number of rotatable bonds is 2. The molecule has 14 heavy (non-hydrogen) atoms. The lowest BCUT2D eigenvalue weighted by molar-refractivity contribution is 0.579. The molecule has 0 spiro atoms. The fraction of sp³-hybridized carbons (Fsp3) is 0.200. The number of halogens is 3. The Hall–Kier alpha value is -0.930. The van der Waals surface area contributed by atoms with E-state index in [1.54, 1.807) is 6.92 Å². The minimum atomic E-state index is -0.761. The Balaban J connectivity index is 3.13. The SMILES string of the molecule is CC(N)/C=C/c1c(F)ccc(Cl)c1F. The predicted molar refractivity (Wildman–Crippen MR) is 54.1 cm³/mol. The second-order valence-corrected chi connectivity index (χ2v) is 3.38. The third kappa shape index (κ3) is 2.53. The van der Waals surface area contributed by atoms with Gasteiger partial charge in [-0.3, -0.25) is 0 Å². The van der Waals surface area contributed by atoms with Crippen LogP contribution in [0.25, 0.3) is 6.08 Å². The third-order valence-electron chi connectivity index (χ3n) is 1.65. The maximum atomic E-state index is 13.2. The maximum Gasteiger partial charge on any atom is 0.151 e. The molecule has 0 radical (unpaired) electrons. The molecule has 0 bridgehead atoms. The summed E-state index contributed by atoms with van der Waals surface area (Å²) >= 11 is 5.49. The van der Waals surface area contributed by atoms with Gasteiger partial charge < -0.3 is 5.73 Å². The van der Waals surface area contributed by atoms with Crippen molar-refractivity contribution >= 4 is 17.7 Å². The topological polar surface area (TPSA) is 26.0 Å². The zero-order valence-corrected chi connectivity index (χ0v) is 8.35. The quantitative estimate of drug-likeness (QED) is 0.758. The van der Waals surface area contributed by atoms with Crippen molar-refractivity contribution in [1.29, 1.82) is 0 Å². The lowest BCUT2D eigenvalue weighted by atomic mass is 10.1. The summed E-state index contributed by atoms with van der Waals surface area (Å²) in [6.07, 6.45) is 2.79. The second kappa shape index (κ2) is 4.53. The normalized spacial score (nSPS) is 13.5. The second-order valence-electron chi connectivity index (χ2n) is 2.98. The Bertz CT molecular complexity index is 361. The Labute approximate surface area is 86.2 Å². The number of benzene rings is 1. The fourth-order valence-corrected chi connectivity index (χ4v) is 1.11. The van der Waals surface area contributed by atoms with Crippen molar-refractivity contribution < 1.29 is 8.78 Å². The molecule has 1 aromatic rings. The molecule has 0 fully saturated rings. The van der Waals surface area contributed by atoms with Gasteiger partial charge in [0.25, 0.3) is 0 Å². The van der Waals surface area contributed by atoms with Gasteiger partial charge in [0.1, 0.15) is 5.82 Å². The van der Waals surface area contributed by atoms with Crippen molar-refractivity contribution in [2.24, 2.45) is 5.73 Å². The monoisotopic (exact) mass is 217 g/mol. The summed E-state index contributed by atoms with van der Waals surface area (Å²) in [6, 6.07) is 2.04. The van der Waals surface area contributed by atoms with E-state index in [0.717, 1.165) is 6.07 Å². The lowest BCUT2D eigenvalue weighted by Gasteiger charge is -2.01. The van der Waals surface area contributed by atoms with E-state index in [1.807, 2.05) is 0 Å². The highest BCUT2D eigenvalue weighted by atomic mass is 35.5. The Morgan fingerprint density at radius 2 is 2.07 bits per heavy atom. The van der Waals surface area contributed by atoms with E-state index in [9.17, 15) is 8.78 Å². The first-order valence-electron chi connectivity index (χ1n) is 4.09. The van der Waals surface area contributed by atoms with Crippen LogP contribution in [0.15, 0.2) is 18.2 Å². The number of nitrogens with two attached hydrogens (primary N) is 1. The highest BCUT2D eigenvalue weighted by Crippen LogP contribution is 2.22. The molecule has 4 heteroatoms. The van der Waals surface area contributed by atoms with Gasteiger partial charge in [-0.25, -0.2) is 8.78 Å². The molecule has 0 amide bonds. The average Bonchev–Trinajstić information content (AvgIpc) is 2.11. The fourth-order valence-electron chi connectivity index (χ4n) is 0.944. The molecule has 1 aromatic carbocycles. The molecule has 1 atom stereocenters. The van der Waals surface area contributed by atoms with Crippen molar-refractivity contribution in [2.45, 2.75) is 13.0 Å². The Kier molecular flexibility index (Phi) is 3.61. The van der Waals surface area contributed by atoms with E-state index >= 15 is 0 Å². The van der Waals surface area contributed by atoms with Crippen molar-refractivity contribution in [3.63, 3.8) is 0 Å². The highest BCUT2D eigenvalue weighted by molar-refractivity contribution is 6.30. The molecule has 2 N–H and O–H groups in total. The van der Waals surface area contributed by atoms with Gasteiger partial charge in [-0.1, -0.05) is 23.8 Å². The largest absolute Gasteiger partial charge is 0.325 e. The minimum Gasteiger partial charge on any atom is -0.325 e. The van der Waals surface area contributed by atoms with E-state index in [-0.39, 0.29) is 16.6 Å². The van der Waals surface area contributed by atoms with Crippen molar-refractivity contribution in [2.75, 3.05) is 0 Å². The van der Waals surface area contributed by atoms with E-state index in [0.29, 0.717) is 0 Å². The molecule has 0 aliphatic rings. The van der Waals surface area contributed by atoms with Crippen LogP contribution in [0.1, 0.15) is 12.5 Å². The molecule has 0 heterocycles. The van der Waals surface area contributed by atoms with Gasteiger partial charge >= 0.3 is 0 Å². The molecular weight excluding hydrogens is 208 g/mol. The van der Waals surface area contributed by atoms with E-state index < -0.39 is 11.6 Å². The van der Waals surface area contributed by atoms with Crippen LogP contribution in [-0.4, -0.2) is 6.04 Å². The molecule has 0 saturated carbocycles. The summed E-state index contributed by atoms with van der Waals surface area (Å²) in [5.74, 6) is -1.41. The van der Waals surface area contributed by atoms with E-state index in [2.05, 4.69) is 0 Å². The van der Waals surface area contributed by atoms with Gasteiger partial charge in [-0.05, 0) is 19.1 Å². The van der Waals surface area contributed by atoms with Crippen molar-refractivity contribution in [3.8, 4) is 0 Å². The van der Waals surface area contributed by atoms with Gasteiger partial charge in [0.2, 0.25) is 0 Å². The molecule has 0 aliphatic carbocycles. The molecule has 1 rings (SSSR count). The minimum absolute atomic E-state index is 0.101. The summed E-state index contributed by atoms with van der Waals surface area (Å²) in [7, 11) is 0. The van der Waals surface area contributed by atoms with E-state index in [4.69, 9.17) is 17.3 Å². The van der Waals surface area contributed by atoms with Crippen LogP contribution in [-0.2, 0) is 0 Å². The zero-order valence-electron chi connectivity index (χ0n) is 7.60. The van der Waals surface area contributed by atoms with Gasteiger partial charge in [0, 0.05) is 11.6 Å². The van der Waals surface area contributed by atoms with Crippen LogP contribution in [0.4, 0.5) is 8.78 Å². The molecule has 1 unspecified atom stereocenters. The van der Waals surface area contributed by atoms with Crippen LogP contribution < -0.4 is 5.73 Å². The molecule has 0 aromatic heterocycles. The van der Waals surface area contributed by atoms with Crippen molar-refractivity contribution in [3.05, 3.63) is 40.4 Å². The third-order valence-corrected chi connectivity index (χ3v) is 1.94. The molecule has 0 aliphatic heterocycles. The highest BCUT2D eigenvalue weighted by Gasteiger charge is 2.09. The summed E-state index contributed by atoms with van der Waals surface area (Å²) in [4.78, 5) is 0. The smallest absolute Gasteiger partial charge is 0.151 e. The van der Waals surface area contributed by atoms with Gasteiger partial charge in [-0.15, -0.1) is 0 Å².